The summed E-state index contributed by atoms with van der Waals surface area (Å²) in [6.45, 7) is 3.76. The van der Waals surface area contributed by atoms with Gasteiger partial charge in [0.2, 0.25) is 0 Å². The third-order valence-corrected chi connectivity index (χ3v) is 6.85. The first-order chi connectivity index (χ1) is 14.9. The van der Waals surface area contributed by atoms with Gasteiger partial charge in [0.1, 0.15) is 17.5 Å². The topological polar surface area (TPSA) is 90.7 Å². The van der Waals surface area contributed by atoms with Crippen molar-refractivity contribution in [3.05, 3.63) is 50.9 Å². The van der Waals surface area contributed by atoms with Crippen molar-refractivity contribution < 1.29 is 19.4 Å². The number of aliphatic hydroxyl groups is 1. The molecule has 0 saturated carbocycles. The van der Waals surface area contributed by atoms with Gasteiger partial charge in [-0.1, -0.05) is 6.92 Å². The van der Waals surface area contributed by atoms with Gasteiger partial charge in [-0.3, -0.25) is 14.2 Å². The van der Waals surface area contributed by atoms with Crippen molar-refractivity contribution in [1.82, 2.24) is 9.55 Å². The number of nitrogens with zero attached hydrogens (tertiary/aromatic N) is 2. The number of hydrogen-bond acceptors (Lipinski definition) is 7. The number of carbonyl (C=O) groups is 1. The second kappa shape index (κ2) is 8.80. The van der Waals surface area contributed by atoms with E-state index < -0.39 is 6.10 Å². The van der Waals surface area contributed by atoms with E-state index in [2.05, 4.69) is 11.9 Å². The lowest BCUT2D eigenvalue weighted by Gasteiger charge is -2.18. The van der Waals surface area contributed by atoms with Crippen molar-refractivity contribution in [2.24, 2.45) is 5.92 Å². The molecule has 4 rings (SSSR count). The summed E-state index contributed by atoms with van der Waals surface area (Å²) in [6.07, 6.45) is 3.56. The number of aliphatic hydroxyl groups excluding tert-OH is 1. The van der Waals surface area contributed by atoms with Crippen LogP contribution in [0.3, 0.4) is 0 Å². The third kappa shape index (κ3) is 4.36. The van der Waals surface area contributed by atoms with E-state index in [4.69, 9.17) is 9.47 Å². The highest BCUT2D eigenvalue weighted by Crippen LogP contribution is 2.35. The largest absolute Gasteiger partial charge is 0.493 e. The second-order valence-corrected chi connectivity index (χ2v) is 9.20. The predicted molar refractivity (Wildman–Crippen MR) is 120 cm³/mol. The van der Waals surface area contributed by atoms with Gasteiger partial charge in [0.25, 0.3) is 5.56 Å². The molecule has 0 fully saturated rings. The first-order valence-electron chi connectivity index (χ1n) is 10.4. The van der Waals surface area contributed by atoms with Crippen LogP contribution in [0.25, 0.3) is 10.2 Å². The van der Waals surface area contributed by atoms with Crippen LogP contribution in [0.15, 0.2) is 29.3 Å². The fourth-order valence-electron chi connectivity index (χ4n) is 3.97. The van der Waals surface area contributed by atoms with Crippen LogP contribution in [-0.4, -0.2) is 40.3 Å². The number of ketones is 1. The molecule has 0 radical (unpaired) electrons. The van der Waals surface area contributed by atoms with Gasteiger partial charge in [0.15, 0.2) is 17.3 Å². The number of fused-ring (bicyclic) bond motifs is 3. The normalized spacial score (nSPS) is 16.7. The van der Waals surface area contributed by atoms with E-state index in [1.807, 2.05) is 0 Å². The molecule has 0 bridgehead atoms. The SMILES string of the molecule is COc1cc(C(C)=O)ccc1OCC(O)Cn1cnc2sc3c(c2c1=O)CCC(C)C3. The Balaban J connectivity index is 1.49. The average molecular weight is 443 g/mol. The highest BCUT2D eigenvalue weighted by atomic mass is 32.1. The van der Waals surface area contributed by atoms with Crippen LogP contribution in [0.5, 0.6) is 11.5 Å². The number of thiophene rings is 1. The van der Waals surface area contributed by atoms with Gasteiger partial charge in [-0.05, 0) is 55.9 Å². The molecule has 0 amide bonds. The molecule has 8 heteroatoms. The quantitative estimate of drug-likeness (QED) is 0.565. The Kier molecular flexibility index (Phi) is 6.11. The Morgan fingerprint density at radius 3 is 2.94 bits per heavy atom. The van der Waals surface area contributed by atoms with Crippen molar-refractivity contribution in [2.45, 2.75) is 45.8 Å². The van der Waals surface area contributed by atoms with Crippen LogP contribution in [-0.2, 0) is 19.4 Å². The van der Waals surface area contributed by atoms with Gasteiger partial charge < -0.3 is 14.6 Å². The molecule has 0 saturated heterocycles. The zero-order chi connectivity index (χ0) is 22.1. The maximum atomic E-state index is 13.1. The number of hydrogen-bond donors (Lipinski definition) is 1. The van der Waals surface area contributed by atoms with Crippen LogP contribution in [0, 0.1) is 5.92 Å². The Morgan fingerprint density at radius 1 is 1.39 bits per heavy atom. The molecule has 0 spiro atoms. The van der Waals surface area contributed by atoms with Crippen LogP contribution >= 0.6 is 11.3 Å². The summed E-state index contributed by atoms with van der Waals surface area (Å²) in [6, 6.07) is 4.89. The molecule has 3 aromatic rings. The maximum absolute atomic E-state index is 13.1. The molecule has 2 heterocycles. The minimum atomic E-state index is -0.913. The molecule has 1 aromatic carbocycles. The van der Waals surface area contributed by atoms with E-state index in [0.717, 1.165) is 29.7 Å². The van der Waals surface area contributed by atoms with Crippen molar-refractivity contribution in [3.8, 4) is 11.5 Å². The molecule has 2 unspecified atom stereocenters. The molecule has 1 aliphatic carbocycles. The number of aryl methyl sites for hydroxylation is 1. The summed E-state index contributed by atoms with van der Waals surface area (Å²) < 4.78 is 12.4. The lowest BCUT2D eigenvalue weighted by Crippen LogP contribution is -2.30. The number of benzene rings is 1. The van der Waals surface area contributed by atoms with Crippen LogP contribution < -0.4 is 15.0 Å². The fraction of sp³-hybridized carbons (Fsp3) is 0.435. The van der Waals surface area contributed by atoms with Gasteiger partial charge in [-0.25, -0.2) is 4.98 Å². The first-order valence-corrected chi connectivity index (χ1v) is 11.2. The van der Waals surface area contributed by atoms with E-state index in [-0.39, 0.29) is 24.5 Å². The van der Waals surface area contributed by atoms with E-state index in [0.29, 0.717) is 28.4 Å². The number of rotatable bonds is 7. The molecule has 1 aliphatic rings. The zero-order valence-corrected chi connectivity index (χ0v) is 18.7. The predicted octanol–water partition coefficient (Wildman–Crippen LogP) is 3.23. The van der Waals surface area contributed by atoms with Crippen molar-refractivity contribution in [3.63, 3.8) is 0 Å². The van der Waals surface area contributed by atoms with Gasteiger partial charge in [-0.2, -0.15) is 0 Å². The molecular formula is C23H26N2O5S. The van der Waals surface area contributed by atoms with Gasteiger partial charge >= 0.3 is 0 Å². The molecule has 7 nitrogen and oxygen atoms in total. The Labute approximate surface area is 184 Å². The fourth-order valence-corrected chi connectivity index (χ4v) is 5.31. The zero-order valence-electron chi connectivity index (χ0n) is 17.9. The van der Waals surface area contributed by atoms with E-state index in [1.165, 1.54) is 29.8 Å². The Hall–Kier alpha value is -2.71. The summed E-state index contributed by atoms with van der Waals surface area (Å²) in [5.74, 6) is 1.40. The number of aromatic nitrogens is 2. The van der Waals surface area contributed by atoms with E-state index in [9.17, 15) is 14.7 Å². The van der Waals surface area contributed by atoms with Crippen LogP contribution in [0.4, 0.5) is 0 Å². The average Bonchev–Trinajstić information content (AvgIpc) is 3.12. The lowest BCUT2D eigenvalue weighted by molar-refractivity contribution is 0.0898. The number of ether oxygens (including phenoxy) is 2. The maximum Gasteiger partial charge on any atom is 0.262 e. The number of carbonyl (C=O) groups excluding carboxylic acids is 1. The Bertz CT molecular complexity index is 1180. The van der Waals surface area contributed by atoms with E-state index >= 15 is 0 Å². The molecule has 31 heavy (non-hydrogen) atoms. The smallest absolute Gasteiger partial charge is 0.262 e. The molecule has 2 aromatic heterocycles. The summed E-state index contributed by atoms with van der Waals surface area (Å²) in [4.78, 5) is 31.1. The van der Waals surface area contributed by atoms with E-state index in [1.54, 1.807) is 29.5 Å². The molecule has 1 N–H and O–H groups in total. The molecule has 164 valence electrons. The molecular weight excluding hydrogens is 416 g/mol. The standard InChI is InChI=1S/C23H26N2O5S/c1-13-4-6-17-20(8-13)31-22-21(17)23(28)25(12-24-22)10-16(27)11-30-18-7-5-15(14(2)26)9-19(18)29-3/h5,7,9,12-13,16,27H,4,6,8,10-11H2,1-3H3. The van der Waals surface area contributed by atoms with Gasteiger partial charge in [0.05, 0.1) is 25.4 Å². The number of Topliss-reactive ketones (excluding diaryl/α,β-unsaturated/α-hetero) is 1. The van der Waals surface area contributed by atoms with Crippen molar-refractivity contribution >= 4 is 27.3 Å². The van der Waals surface area contributed by atoms with Gasteiger partial charge in [0, 0.05) is 10.4 Å². The number of methoxy groups -OCH3 is 1. The van der Waals surface area contributed by atoms with Crippen molar-refractivity contribution in [1.29, 1.82) is 0 Å². The van der Waals surface area contributed by atoms with Crippen LogP contribution in [0.2, 0.25) is 0 Å². The lowest BCUT2D eigenvalue weighted by atomic mass is 9.89. The summed E-state index contributed by atoms with van der Waals surface area (Å²) in [5.41, 5.74) is 1.54. The highest BCUT2D eigenvalue weighted by molar-refractivity contribution is 7.18. The molecule has 0 aliphatic heterocycles. The summed E-state index contributed by atoms with van der Waals surface area (Å²) in [7, 11) is 1.49. The Morgan fingerprint density at radius 2 is 2.19 bits per heavy atom. The first kappa shape index (κ1) is 21.5. The monoisotopic (exact) mass is 442 g/mol. The second-order valence-electron chi connectivity index (χ2n) is 8.12. The van der Waals surface area contributed by atoms with Gasteiger partial charge in [-0.15, -0.1) is 11.3 Å². The third-order valence-electron chi connectivity index (χ3n) is 5.69. The van der Waals surface area contributed by atoms with Crippen molar-refractivity contribution in [2.75, 3.05) is 13.7 Å². The minimum absolute atomic E-state index is 0.0283. The van der Waals surface area contributed by atoms with Crippen LogP contribution in [0.1, 0.15) is 41.1 Å². The summed E-state index contributed by atoms with van der Waals surface area (Å²) in [5, 5.41) is 11.2. The minimum Gasteiger partial charge on any atom is -0.493 e. The highest BCUT2D eigenvalue weighted by Gasteiger charge is 2.23. The molecule has 2 atom stereocenters. The summed E-state index contributed by atoms with van der Waals surface area (Å²) >= 11 is 1.61.